The largest absolute Gasteiger partial charge is 0.480 e. The highest BCUT2D eigenvalue weighted by atomic mass is 79.9. The summed E-state index contributed by atoms with van der Waals surface area (Å²) >= 11 is 3.28. The van der Waals surface area contributed by atoms with Crippen LogP contribution in [0.15, 0.2) is 22.7 Å². The quantitative estimate of drug-likeness (QED) is 0.923. The van der Waals surface area contributed by atoms with Crippen LogP contribution in [0.1, 0.15) is 15.9 Å². The van der Waals surface area contributed by atoms with Gasteiger partial charge < -0.3 is 10.0 Å². The minimum absolute atomic E-state index is 0.291. The molecule has 1 aromatic rings. The average Bonchev–Trinajstić information content (AvgIpc) is 2.19. The van der Waals surface area contributed by atoms with Gasteiger partial charge in [-0.05, 0) is 24.6 Å². The SMILES string of the molecule is Cc1ccc(Br)cc1C(=O)N(C)CC(=O)O. The number of aryl methyl sites for hydroxylation is 1. The van der Waals surface area contributed by atoms with Crippen molar-refractivity contribution < 1.29 is 14.7 Å². The molecule has 0 bridgehead atoms. The predicted octanol–water partition coefficient (Wildman–Crippen LogP) is 1.91. The standard InChI is InChI=1S/C11H12BrNO3/c1-7-3-4-8(12)5-9(7)11(16)13(2)6-10(14)15/h3-5H,6H2,1-2H3,(H,14,15). The van der Waals surface area contributed by atoms with Crippen molar-refractivity contribution in [3.05, 3.63) is 33.8 Å². The van der Waals surface area contributed by atoms with E-state index in [0.717, 1.165) is 10.0 Å². The molecule has 1 rings (SSSR count). The van der Waals surface area contributed by atoms with Crippen LogP contribution in [0.5, 0.6) is 0 Å². The van der Waals surface area contributed by atoms with Crippen LogP contribution < -0.4 is 0 Å². The molecule has 1 aromatic carbocycles. The molecule has 0 saturated carbocycles. The molecule has 86 valence electrons. The zero-order chi connectivity index (χ0) is 12.3. The second kappa shape index (κ2) is 5.12. The Bertz CT molecular complexity index is 431. The van der Waals surface area contributed by atoms with Crippen LogP contribution in [-0.2, 0) is 4.79 Å². The Hall–Kier alpha value is -1.36. The lowest BCUT2D eigenvalue weighted by Crippen LogP contribution is -2.32. The van der Waals surface area contributed by atoms with Gasteiger partial charge in [-0.1, -0.05) is 22.0 Å². The van der Waals surface area contributed by atoms with Gasteiger partial charge >= 0.3 is 5.97 Å². The van der Waals surface area contributed by atoms with Gasteiger partial charge in [0.1, 0.15) is 6.54 Å². The Balaban J connectivity index is 2.95. The van der Waals surface area contributed by atoms with Crippen molar-refractivity contribution in [1.82, 2.24) is 4.90 Å². The fourth-order valence-electron chi connectivity index (χ4n) is 1.30. The van der Waals surface area contributed by atoms with Gasteiger partial charge in [0.2, 0.25) is 0 Å². The molecule has 0 unspecified atom stereocenters. The number of carboxylic acids is 1. The maximum Gasteiger partial charge on any atom is 0.323 e. The second-order valence-electron chi connectivity index (χ2n) is 3.51. The van der Waals surface area contributed by atoms with Crippen molar-refractivity contribution in [2.75, 3.05) is 13.6 Å². The number of hydrogen-bond acceptors (Lipinski definition) is 2. The van der Waals surface area contributed by atoms with Gasteiger partial charge in [-0.3, -0.25) is 9.59 Å². The summed E-state index contributed by atoms with van der Waals surface area (Å²) in [7, 11) is 1.47. The number of halogens is 1. The number of carboxylic acid groups (broad SMARTS) is 1. The summed E-state index contributed by atoms with van der Waals surface area (Å²) in [6.07, 6.45) is 0. The van der Waals surface area contributed by atoms with E-state index in [0.29, 0.717) is 5.56 Å². The monoisotopic (exact) mass is 285 g/mol. The molecular formula is C11H12BrNO3. The Labute approximate surface area is 102 Å². The van der Waals surface area contributed by atoms with Crippen LogP contribution in [0.2, 0.25) is 0 Å². The van der Waals surface area contributed by atoms with Crippen LogP contribution in [0.4, 0.5) is 0 Å². The third-order valence-electron chi connectivity index (χ3n) is 2.15. The Morgan fingerprint density at radius 1 is 1.44 bits per heavy atom. The Kier molecular flexibility index (Phi) is 4.06. The van der Waals surface area contributed by atoms with E-state index in [1.54, 1.807) is 6.07 Å². The molecule has 0 aliphatic rings. The van der Waals surface area contributed by atoms with E-state index in [9.17, 15) is 9.59 Å². The molecule has 0 aliphatic carbocycles. The van der Waals surface area contributed by atoms with E-state index in [4.69, 9.17) is 5.11 Å². The first kappa shape index (κ1) is 12.7. The molecule has 4 nitrogen and oxygen atoms in total. The average molecular weight is 286 g/mol. The molecule has 0 aliphatic heterocycles. The molecule has 0 aromatic heterocycles. The van der Waals surface area contributed by atoms with E-state index in [1.807, 2.05) is 19.1 Å². The van der Waals surface area contributed by atoms with Gasteiger partial charge in [-0.25, -0.2) is 0 Å². The van der Waals surface area contributed by atoms with Gasteiger partial charge in [-0.15, -0.1) is 0 Å². The first-order chi connectivity index (χ1) is 7.41. The number of benzene rings is 1. The molecule has 5 heteroatoms. The summed E-state index contributed by atoms with van der Waals surface area (Å²) in [5.41, 5.74) is 1.34. The van der Waals surface area contributed by atoms with Crippen LogP contribution in [0.3, 0.4) is 0 Å². The topological polar surface area (TPSA) is 57.6 Å². The number of amides is 1. The lowest BCUT2D eigenvalue weighted by atomic mass is 10.1. The Morgan fingerprint density at radius 2 is 2.06 bits per heavy atom. The minimum atomic E-state index is -1.02. The molecule has 0 spiro atoms. The molecule has 16 heavy (non-hydrogen) atoms. The molecule has 0 fully saturated rings. The number of rotatable bonds is 3. The molecule has 1 amide bonds. The summed E-state index contributed by atoms with van der Waals surface area (Å²) in [6.45, 7) is 1.51. The lowest BCUT2D eigenvalue weighted by molar-refractivity contribution is -0.137. The van der Waals surface area contributed by atoms with Crippen molar-refractivity contribution in [2.24, 2.45) is 0 Å². The van der Waals surface area contributed by atoms with Crippen molar-refractivity contribution in [3.63, 3.8) is 0 Å². The molecule has 0 saturated heterocycles. The summed E-state index contributed by atoms with van der Waals surface area (Å²) in [6, 6.07) is 5.34. The number of aliphatic carboxylic acids is 1. The third kappa shape index (κ3) is 3.06. The fourth-order valence-corrected chi connectivity index (χ4v) is 1.67. The van der Waals surface area contributed by atoms with E-state index in [2.05, 4.69) is 15.9 Å². The summed E-state index contributed by atoms with van der Waals surface area (Å²) < 4.78 is 0.796. The first-order valence-electron chi connectivity index (χ1n) is 4.65. The normalized spacial score (nSPS) is 9.94. The number of hydrogen-bond donors (Lipinski definition) is 1. The highest BCUT2D eigenvalue weighted by Gasteiger charge is 2.16. The molecular weight excluding hydrogens is 274 g/mol. The third-order valence-corrected chi connectivity index (χ3v) is 2.64. The Morgan fingerprint density at radius 3 is 2.62 bits per heavy atom. The van der Waals surface area contributed by atoms with Gasteiger partial charge in [0.15, 0.2) is 0 Å². The zero-order valence-corrected chi connectivity index (χ0v) is 10.6. The number of likely N-dealkylation sites (N-methyl/N-ethyl adjacent to an activating group) is 1. The number of nitrogens with zero attached hydrogens (tertiary/aromatic N) is 1. The highest BCUT2D eigenvalue weighted by Crippen LogP contribution is 2.17. The molecule has 0 heterocycles. The van der Waals surface area contributed by atoms with Crippen LogP contribution in [0, 0.1) is 6.92 Å². The van der Waals surface area contributed by atoms with Crippen LogP contribution in [0.25, 0.3) is 0 Å². The zero-order valence-electron chi connectivity index (χ0n) is 9.03. The molecule has 0 radical (unpaired) electrons. The maximum absolute atomic E-state index is 11.9. The van der Waals surface area contributed by atoms with Crippen LogP contribution >= 0.6 is 15.9 Å². The van der Waals surface area contributed by atoms with Gasteiger partial charge in [0, 0.05) is 17.1 Å². The van der Waals surface area contributed by atoms with Crippen LogP contribution in [-0.4, -0.2) is 35.5 Å². The van der Waals surface area contributed by atoms with E-state index < -0.39 is 5.97 Å². The summed E-state index contributed by atoms with van der Waals surface area (Å²) in [4.78, 5) is 23.6. The van der Waals surface area contributed by atoms with Crippen molar-refractivity contribution in [3.8, 4) is 0 Å². The van der Waals surface area contributed by atoms with Crippen molar-refractivity contribution in [2.45, 2.75) is 6.92 Å². The van der Waals surface area contributed by atoms with Crippen molar-refractivity contribution in [1.29, 1.82) is 0 Å². The maximum atomic E-state index is 11.9. The minimum Gasteiger partial charge on any atom is -0.480 e. The summed E-state index contributed by atoms with van der Waals surface area (Å²) in [5, 5.41) is 8.60. The molecule has 0 atom stereocenters. The highest BCUT2D eigenvalue weighted by molar-refractivity contribution is 9.10. The lowest BCUT2D eigenvalue weighted by Gasteiger charge is -2.16. The second-order valence-corrected chi connectivity index (χ2v) is 4.43. The molecule has 1 N–H and O–H groups in total. The number of carbonyl (C=O) groups is 2. The fraction of sp³-hybridized carbons (Fsp3) is 0.273. The smallest absolute Gasteiger partial charge is 0.323 e. The van der Waals surface area contributed by atoms with E-state index in [-0.39, 0.29) is 12.5 Å². The van der Waals surface area contributed by atoms with Gasteiger partial charge in [-0.2, -0.15) is 0 Å². The van der Waals surface area contributed by atoms with Crippen molar-refractivity contribution >= 4 is 27.8 Å². The van der Waals surface area contributed by atoms with Gasteiger partial charge in [0.05, 0.1) is 0 Å². The van der Waals surface area contributed by atoms with E-state index in [1.165, 1.54) is 11.9 Å². The van der Waals surface area contributed by atoms with Gasteiger partial charge in [0.25, 0.3) is 5.91 Å². The summed E-state index contributed by atoms with van der Waals surface area (Å²) in [5.74, 6) is -1.32. The first-order valence-corrected chi connectivity index (χ1v) is 5.44. The number of carbonyl (C=O) groups excluding carboxylic acids is 1. The van der Waals surface area contributed by atoms with E-state index >= 15 is 0 Å². The predicted molar refractivity (Wildman–Crippen MR) is 63.5 cm³/mol.